The Morgan fingerprint density at radius 2 is 2.45 bits per heavy atom. The molecule has 1 aliphatic rings. The first kappa shape index (κ1) is 10.7. The SMILES string of the molecule is C=C(C)C(=O)OCC1CO1.[Br-].[H+]. The van der Waals surface area contributed by atoms with Crippen molar-refractivity contribution in [1.29, 1.82) is 0 Å². The standard InChI is InChI=1S/C7H10O3.BrH/c1-5(2)7(8)10-4-6-3-9-6;/h6H,1,3-4H2,2H3;1H. The van der Waals surface area contributed by atoms with Gasteiger partial charge in [-0.2, -0.15) is 0 Å². The molecule has 0 radical (unpaired) electrons. The van der Waals surface area contributed by atoms with E-state index in [-0.39, 0.29) is 30.5 Å². The third-order valence-corrected chi connectivity index (χ3v) is 1.15. The molecule has 4 heteroatoms. The molecule has 1 saturated heterocycles. The summed E-state index contributed by atoms with van der Waals surface area (Å²) in [5.41, 5.74) is 0.431. The van der Waals surface area contributed by atoms with E-state index >= 15 is 0 Å². The van der Waals surface area contributed by atoms with Crippen molar-refractivity contribution in [3.63, 3.8) is 0 Å². The van der Waals surface area contributed by atoms with Gasteiger partial charge in [-0.3, -0.25) is 0 Å². The number of ether oxygens (including phenoxy) is 2. The quantitative estimate of drug-likeness (QED) is 0.305. The van der Waals surface area contributed by atoms with Crippen LogP contribution in [-0.2, 0) is 14.3 Å². The first-order valence-corrected chi connectivity index (χ1v) is 3.14. The molecule has 64 valence electrons. The van der Waals surface area contributed by atoms with Gasteiger partial charge in [0.25, 0.3) is 0 Å². The highest BCUT2D eigenvalue weighted by molar-refractivity contribution is 5.86. The molecule has 0 saturated carbocycles. The number of carbonyl (C=O) groups is 1. The number of halogens is 1. The summed E-state index contributed by atoms with van der Waals surface area (Å²) in [6, 6.07) is 0. The van der Waals surface area contributed by atoms with E-state index in [1.54, 1.807) is 6.92 Å². The summed E-state index contributed by atoms with van der Waals surface area (Å²) in [6.07, 6.45) is 0.142. The molecule has 0 bridgehead atoms. The van der Waals surface area contributed by atoms with Gasteiger partial charge in [0, 0.05) is 5.57 Å². The lowest BCUT2D eigenvalue weighted by molar-refractivity contribution is -0.139. The van der Waals surface area contributed by atoms with Crippen LogP contribution in [0.5, 0.6) is 0 Å². The average Bonchev–Trinajstić information content (AvgIpc) is 2.64. The Bertz CT molecular complexity index is 168. The summed E-state index contributed by atoms with van der Waals surface area (Å²) < 4.78 is 9.60. The van der Waals surface area contributed by atoms with Crippen molar-refractivity contribution in [2.24, 2.45) is 0 Å². The highest BCUT2D eigenvalue weighted by atomic mass is 79.9. The molecule has 1 unspecified atom stereocenters. The van der Waals surface area contributed by atoms with Crippen molar-refractivity contribution in [1.82, 2.24) is 0 Å². The smallest absolute Gasteiger partial charge is 1.00 e. The van der Waals surface area contributed by atoms with Crippen LogP contribution in [0.15, 0.2) is 12.2 Å². The molecule has 0 aromatic carbocycles. The van der Waals surface area contributed by atoms with Gasteiger partial charge < -0.3 is 26.5 Å². The highest BCUT2D eigenvalue weighted by Gasteiger charge is 2.24. The molecule has 0 amide bonds. The van der Waals surface area contributed by atoms with Gasteiger partial charge >= 0.3 is 7.40 Å². The lowest BCUT2D eigenvalue weighted by Gasteiger charge is -1.99. The van der Waals surface area contributed by atoms with Gasteiger partial charge in [-0.25, -0.2) is 4.79 Å². The Morgan fingerprint density at radius 1 is 1.91 bits per heavy atom. The van der Waals surface area contributed by atoms with Crippen molar-refractivity contribution in [3.8, 4) is 0 Å². The zero-order chi connectivity index (χ0) is 7.56. The highest BCUT2D eigenvalue weighted by Crippen LogP contribution is 2.09. The fourth-order valence-corrected chi connectivity index (χ4v) is 0.456. The van der Waals surface area contributed by atoms with Crippen LogP contribution in [0.1, 0.15) is 8.35 Å². The van der Waals surface area contributed by atoms with Crippen LogP contribution in [0.2, 0.25) is 0 Å². The first-order chi connectivity index (χ1) is 4.70. The molecular weight excluding hydrogens is 212 g/mol. The lowest BCUT2D eigenvalue weighted by Crippen LogP contribution is -3.00. The van der Waals surface area contributed by atoms with Gasteiger partial charge in [0.2, 0.25) is 0 Å². The summed E-state index contributed by atoms with van der Waals surface area (Å²) in [5, 5.41) is 0. The van der Waals surface area contributed by atoms with Crippen LogP contribution >= 0.6 is 0 Å². The van der Waals surface area contributed by atoms with E-state index < -0.39 is 0 Å². The van der Waals surface area contributed by atoms with Crippen LogP contribution in [-0.4, -0.2) is 25.3 Å². The summed E-state index contributed by atoms with van der Waals surface area (Å²) in [4.78, 5) is 10.7. The van der Waals surface area contributed by atoms with Crippen LogP contribution in [0.25, 0.3) is 0 Å². The van der Waals surface area contributed by atoms with E-state index in [1.807, 2.05) is 0 Å². The molecule has 0 N–H and O–H groups in total. The monoisotopic (exact) mass is 222 g/mol. The molecule has 11 heavy (non-hydrogen) atoms. The second kappa shape index (κ2) is 4.51. The number of hydrogen-bond acceptors (Lipinski definition) is 3. The van der Waals surface area contributed by atoms with Crippen LogP contribution in [0.4, 0.5) is 0 Å². The topological polar surface area (TPSA) is 38.8 Å². The number of esters is 1. The maximum Gasteiger partial charge on any atom is 1.00 e. The van der Waals surface area contributed by atoms with Gasteiger partial charge in [-0.15, -0.1) is 0 Å². The van der Waals surface area contributed by atoms with Gasteiger partial charge in [-0.1, -0.05) is 6.58 Å². The van der Waals surface area contributed by atoms with E-state index in [1.165, 1.54) is 0 Å². The largest absolute Gasteiger partial charge is 1.00 e. The normalized spacial score (nSPS) is 19.9. The van der Waals surface area contributed by atoms with Crippen molar-refractivity contribution >= 4 is 5.97 Å². The van der Waals surface area contributed by atoms with Gasteiger partial charge in [0.15, 0.2) is 0 Å². The zero-order valence-electron chi connectivity index (χ0n) is 7.30. The van der Waals surface area contributed by atoms with E-state index in [2.05, 4.69) is 6.58 Å². The molecular formula is C7H11BrO3. The Balaban J connectivity index is 0. The van der Waals surface area contributed by atoms with E-state index in [0.29, 0.717) is 18.8 Å². The minimum Gasteiger partial charge on any atom is -1.00 e. The summed E-state index contributed by atoms with van der Waals surface area (Å²) >= 11 is 0. The average molecular weight is 223 g/mol. The molecule has 1 atom stereocenters. The molecule has 1 fully saturated rings. The predicted octanol–water partition coefficient (Wildman–Crippen LogP) is -2.38. The third-order valence-electron chi connectivity index (χ3n) is 1.15. The number of epoxide rings is 1. The van der Waals surface area contributed by atoms with Crippen LogP contribution in [0, 0.1) is 0 Å². The zero-order valence-corrected chi connectivity index (χ0v) is 7.89. The summed E-state index contributed by atoms with van der Waals surface area (Å²) in [5.74, 6) is -0.337. The van der Waals surface area contributed by atoms with E-state index in [9.17, 15) is 4.79 Å². The Kier molecular flexibility index (Phi) is 4.37. The number of rotatable bonds is 3. The maximum atomic E-state index is 10.7. The molecule has 1 aliphatic heterocycles. The molecule has 0 aromatic rings. The Morgan fingerprint density at radius 3 is 2.82 bits per heavy atom. The lowest BCUT2D eigenvalue weighted by atomic mass is 10.4. The van der Waals surface area contributed by atoms with Crippen molar-refractivity contribution < 1.29 is 32.7 Å². The van der Waals surface area contributed by atoms with Gasteiger partial charge in [0.1, 0.15) is 12.7 Å². The minimum absolute atomic E-state index is 0. The summed E-state index contributed by atoms with van der Waals surface area (Å²) in [7, 11) is 0. The van der Waals surface area contributed by atoms with Crippen LogP contribution < -0.4 is 17.0 Å². The van der Waals surface area contributed by atoms with Gasteiger partial charge in [0.05, 0.1) is 6.61 Å². The Labute approximate surface area is 77.6 Å². The molecule has 0 aromatic heterocycles. The number of hydrogen-bond donors (Lipinski definition) is 0. The molecule has 0 spiro atoms. The first-order valence-electron chi connectivity index (χ1n) is 3.14. The second-order valence-electron chi connectivity index (χ2n) is 2.33. The molecule has 1 heterocycles. The Hall–Kier alpha value is -0.350. The molecule has 0 aliphatic carbocycles. The molecule has 1 rings (SSSR count). The minimum atomic E-state index is -0.337. The van der Waals surface area contributed by atoms with Crippen molar-refractivity contribution in [3.05, 3.63) is 12.2 Å². The summed E-state index contributed by atoms with van der Waals surface area (Å²) in [6.45, 7) is 6.14. The maximum absolute atomic E-state index is 10.7. The fraction of sp³-hybridized carbons (Fsp3) is 0.571. The van der Waals surface area contributed by atoms with E-state index in [4.69, 9.17) is 9.47 Å². The van der Waals surface area contributed by atoms with Crippen molar-refractivity contribution in [2.45, 2.75) is 13.0 Å². The predicted molar refractivity (Wildman–Crippen MR) is 36.6 cm³/mol. The molecule has 3 nitrogen and oxygen atoms in total. The fourth-order valence-electron chi connectivity index (χ4n) is 0.456. The van der Waals surface area contributed by atoms with Crippen molar-refractivity contribution in [2.75, 3.05) is 13.2 Å². The third kappa shape index (κ3) is 4.16. The number of carbonyl (C=O) groups excluding carboxylic acids is 1. The van der Waals surface area contributed by atoms with Gasteiger partial charge in [-0.05, 0) is 6.92 Å². The second-order valence-corrected chi connectivity index (χ2v) is 2.33. The van der Waals surface area contributed by atoms with Crippen LogP contribution in [0.3, 0.4) is 0 Å². The van der Waals surface area contributed by atoms with E-state index in [0.717, 1.165) is 0 Å².